The zero-order valence-electron chi connectivity index (χ0n) is 7.86. The molecule has 1 fully saturated rings. The molecule has 1 aromatic heterocycles. The Morgan fingerprint density at radius 2 is 2.62 bits per heavy atom. The fourth-order valence-electron chi connectivity index (χ4n) is 1.70. The molecule has 0 bridgehead atoms. The molecule has 1 atom stereocenters. The van der Waals surface area contributed by atoms with Gasteiger partial charge in [-0.15, -0.1) is 0 Å². The Balaban J connectivity index is 2.03. The van der Waals surface area contributed by atoms with Gasteiger partial charge in [-0.2, -0.15) is 16.9 Å². The fourth-order valence-corrected chi connectivity index (χ4v) is 2.95. The molecule has 72 valence electrons. The van der Waals surface area contributed by atoms with E-state index in [0.717, 1.165) is 11.8 Å². The predicted octanol–water partition coefficient (Wildman–Crippen LogP) is 1.67. The zero-order chi connectivity index (χ0) is 9.26. The number of thioether (sulfide) groups is 1. The Bertz CT molecular complexity index is 289. The molecule has 1 aromatic rings. The van der Waals surface area contributed by atoms with Crippen molar-refractivity contribution in [3.63, 3.8) is 0 Å². The first-order valence-electron chi connectivity index (χ1n) is 4.67. The Kier molecular flexibility index (Phi) is 2.49. The lowest BCUT2D eigenvalue weighted by Crippen LogP contribution is -2.12. The standard InChI is InChI=1S/C9H15N3S/c1-7-5-9(10)11-12(7)6-8-3-2-4-13-8/h5,8H,2-4,6H2,1H3,(H2,10,11). The molecule has 0 aliphatic carbocycles. The summed E-state index contributed by atoms with van der Waals surface area (Å²) in [5.74, 6) is 1.95. The van der Waals surface area contributed by atoms with Gasteiger partial charge in [0.2, 0.25) is 0 Å². The van der Waals surface area contributed by atoms with Gasteiger partial charge in [0.25, 0.3) is 0 Å². The average molecular weight is 197 g/mol. The number of aryl methyl sites for hydroxylation is 1. The van der Waals surface area contributed by atoms with Gasteiger partial charge in [0, 0.05) is 17.0 Å². The topological polar surface area (TPSA) is 43.8 Å². The molecule has 1 aliphatic rings. The molecule has 2 rings (SSSR count). The molecule has 0 aromatic carbocycles. The van der Waals surface area contributed by atoms with E-state index in [2.05, 4.69) is 23.8 Å². The van der Waals surface area contributed by atoms with Crippen LogP contribution in [-0.2, 0) is 6.54 Å². The highest BCUT2D eigenvalue weighted by atomic mass is 32.2. The van der Waals surface area contributed by atoms with Gasteiger partial charge >= 0.3 is 0 Å². The van der Waals surface area contributed by atoms with Gasteiger partial charge in [-0.05, 0) is 25.5 Å². The highest BCUT2D eigenvalue weighted by Crippen LogP contribution is 2.27. The van der Waals surface area contributed by atoms with Crippen molar-refractivity contribution in [1.29, 1.82) is 0 Å². The van der Waals surface area contributed by atoms with E-state index in [4.69, 9.17) is 5.73 Å². The van der Waals surface area contributed by atoms with Crippen LogP contribution < -0.4 is 5.73 Å². The Labute approximate surface area is 82.7 Å². The molecule has 13 heavy (non-hydrogen) atoms. The minimum atomic E-state index is 0.639. The van der Waals surface area contributed by atoms with E-state index in [-0.39, 0.29) is 0 Å². The normalized spacial score (nSPS) is 22.4. The van der Waals surface area contributed by atoms with Crippen LogP contribution in [0.3, 0.4) is 0 Å². The molecule has 2 N–H and O–H groups in total. The van der Waals surface area contributed by atoms with Crippen molar-refractivity contribution in [3.05, 3.63) is 11.8 Å². The van der Waals surface area contributed by atoms with Crippen molar-refractivity contribution in [2.75, 3.05) is 11.5 Å². The maximum Gasteiger partial charge on any atom is 0.145 e. The summed E-state index contributed by atoms with van der Waals surface area (Å²) in [5, 5.41) is 5.00. The Hall–Kier alpha value is -0.640. The fraction of sp³-hybridized carbons (Fsp3) is 0.667. The molecule has 0 spiro atoms. The number of anilines is 1. The van der Waals surface area contributed by atoms with Gasteiger partial charge in [-0.1, -0.05) is 0 Å². The third-order valence-electron chi connectivity index (χ3n) is 2.40. The molecule has 4 heteroatoms. The van der Waals surface area contributed by atoms with Crippen LogP contribution in [0, 0.1) is 6.92 Å². The molecule has 0 radical (unpaired) electrons. The first kappa shape index (κ1) is 8.94. The first-order valence-corrected chi connectivity index (χ1v) is 5.72. The number of nitrogens with two attached hydrogens (primary N) is 1. The van der Waals surface area contributed by atoms with Gasteiger partial charge in [-0.25, -0.2) is 0 Å². The summed E-state index contributed by atoms with van der Waals surface area (Å²) < 4.78 is 2.03. The van der Waals surface area contributed by atoms with Gasteiger partial charge in [0.15, 0.2) is 0 Å². The van der Waals surface area contributed by atoms with Crippen molar-refractivity contribution >= 4 is 17.6 Å². The monoisotopic (exact) mass is 197 g/mol. The quantitative estimate of drug-likeness (QED) is 0.784. The highest BCUT2D eigenvalue weighted by Gasteiger charge is 2.17. The molecule has 3 nitrogen and oxygen atoms in total. The largest absolute Gasteiger partial charge is 0.382 e. The molecular weight excluding hydrogens is 182 g/mol. The van der Waals surface area contributed by atoms with E-state index in [1.807, 2.05) is 10.7 Å². The van der Waals surface area contributed by atoms with Crippen LogP contribution in [0.4, 0.5) is 5.82 Å². The van der Waals surface area contributed by atoms with Gasteiger partial charge in [0.1, 0.15) is 5.82 Å². The summed E-state index contributed by atoms with van der Waals surface area (Å²) in [4.78, 5) is 0. The van der Waals surface area contributed by atoms with Crippen molar-refractivity contribution in [2.24, 2.45) is 0 Å². The second kappa shape index (κ2) is 3.62. The summed E-state index contributed by atoms with van der Waals surface area (Å²) in [6.07, 6.45) is 2.68. The van der Waals surface area contributed by atoms with Crippen molar-refractivity contribution in [2.45, 2.75) is 31.6 Å². The predicted molar refractivity (Wildman–Crippen MR) is 56.9 cm³/mol. The summed E-state index contributed by atoms with van der Waals surface area (Å²) >= 11 is 2.05. The average Bonchev–Trinajstić information content (AvgIpc) is 2.63. The first-order chi connectivity index (χ1) is 6.25. The van der Waals surface area contributed by atoms with E-state index < -0.39 is 0 Å². The summed E-state index contributed by atoms with van der Waals surface area (Å²) in [5.41, 5.74) is 6.79. The van der Waals surface area contributed by atoms with E-state index >= 15 is 0 Å². The minimum absolute atomic E-state index is 0.639. The van der Waals surface area contributed by atoms with Crippen LogP contribution in [0.5, 0.6) is 0 Å². The minimum Gasteiger partial charge on any atom is -0.382 e. The number of hydrogen-bond acceptors (Lipinski definition) is 3. The van der Waals surface area contributed by atoms with Crippen LogP contribution in [0.1, 0.15) is 18.5 Å². The van der Waals surface area contributed by atoms with Gasteiger partial charge in [0.05, 0.1) is 6.54 Å². The third kappa shape index (κ3) is 1.99. The number of aromatic nitrogens is 2. The van der Waals surface area contributed by atoms with Crippen LogP contribution >= 0.6 is 11.8 Å². The smallest absolute Gasteiger partial charge is 0.145 e. The number of nitrogens with zero attached hydrogens (tertiary/aromatic N) is 2. The van der Waals surface area contributed by atoms with Crippen molar-refractivity contribution in [1.82, 2.24) is 9.78 Å². The van der Waals surface area contributed by atoms with E-state index in [9.17, 15) is 0 Å². The van der Waals surface area contributed by atoms with Gasteiger partial charge < -0.3 is 5.73 Å². The van der Waals surface area contributed by atoms with Crippen molar-refractivity contribution < 1.29 is 0 Å². The lowest BCUT2D eigenvalue weighted by Gasteiger charge is -2.09. The van der Waals surface area contributed by atoms with E-state index in [1.165, 1.54) is 24.3 Å². The SMILES string of the molecule is Cc1cc(N)nn1CC1CCCS1. The van der Waals surface area contributed by atoms with Gasteiger partial charge in [-0.3, -0.25) is 4.68 Å². The molecule has 0 amide bonds. The number of hydrogen-bond donors (Lipinski definition) is 1. The molecule has 1 saturated heterocycles. The summed E-state index contributed by atoms with van der Waals surface area (Å²) in [7, 11) is 0. The molecule has 2 heterocycles. The number of rotatable bonds is 2. The zero-order valence-corrected chi connectivity index (χ0v) is 8.68. The second-order valence-electron chi connectivity index (χ2n) is 3.53. The highest BCUT2D eigenvalue weighted by molar-refractivity contribution is 8.00. The number of nitrogen functional groups attached to an aromatic ring is 1. The van der Waals surface area contributed by atoms with Crippen LogP contribution in [0.25, 0.3) is 0 Å². The van der Waals surface area contributed by atoms with Crippen LogP contribution in [-0.4, -0.2) is 20.8 Å². The summed E-state index contributed by atoms with van der Waals surface area (Å²) in [6.45, 7) is 3.08. The van der Waals surface area contributed by atoms with Crippen LogP contribution in [0.2, 0.25) is 0 Å². The maximum atomic E-state index is 5.61. The lowest BCUT2D eigenvalue weighted by molar-refractivity contribution is 0.568. The maximum absolute atomic E-state index is 5.61. The van der Waals surface area contributed by atoms with E-state index in [1.54, 1.807) is 0 Å². The third-order valence-corrected chi connectivity index (χ3v) is 3.78. The Morgan fingerprint density at radius 1 is 1.77 bits per heavy atom. The molecular formula is C9H15N3S. The molecule has 1 unspecified atom stereocenters. The lowest BCUT2D eigenvalue weighted by atomic mass is 10.2. The molecule has 0 saturated carbocycles. The van der Waals surface area contributed by atoms with Crippen LogP contribution in [0.15, 0.2) is 6.07 Å². The molecule has 1 aliphatic heterocycles. The summed E-state index contributed by atoms with van der Waals surface area (Å²) in [6, 6.07) is 1.93. The Morgan fingerprint density at radius 3 is 3.15 bits per heavy atom. The van der Waals surface area contributed by atoms with Crippen molar-refractivity contribution in [3.8, 4) is 0 Å². The second-order valence-corrected chi connectivity index (χ2v) is 4.94. The van der Waals surface area contributed by atoms with E-state index in [0.29, 0.717) is 5.82 Å².